The van der Waals surface area contributed by atoms with Gasteiger partial charge in [0.25, 0.3) is 5.91 Å². The minimum Gasteiger partial charge on any atom is -0.273 e. The molecule has 1 aromatic carbocycles. The lowest BCUT2D eigenvalue weighted by Gasteiger charge is -2.35. The van der Waals surface area contributed by atoms with E-state index in [4.69, 9.17) is 0 Å². The predicted molar refractivity (Wildman–Crippen MR) is 98.7 cm³/mol. The summed E-state index contributed by atoms with van der Waals surface area (Å²) in [7, 11) is 0. The van der Waals surface area contributed by atoms with E-state index in [0.717, 1.165) is 24.0 Å². The van der Waals surface area contributed by atoms with Gasteiger partial charge in [0.05, 0.1) is 5.54 Å². The van der Waals surface area contributed by atoms with Crippen molar-refractivity contribution in [2.75, 3.05) is 0 Å². The molecule has 0 radical (unpaired) electrons. The van der Waals surface area contributed by atoms with E-state index in [-0.39, 0.29) is 11.8 Å². The summed E-state index contributed by atoms with van der Waals surface area (Å²) in [6, 6.07) is 5.75. The fourth-order valence-corrected chi connectivity index (χ4v) is 2.60. The van der Waals surface area contributed by atoms with Crippen LogP contribution in [-0.2, 0) is 4.79 Å². The van der Waals surface area contributed by atoms with Gasteiger partial charge in [0.1, 0.15) is 0 Å². The highest BCUT2D eigenvalue weighted by Crippen LogP contribution is 2.18. The van der Waals surface area contributed by atoms with Gasteiger partial charge in [-0.1, -0.05) is 37.5 Å². The van der Waals surface area contributed by atoms with Crippen LogP contribution in [0.3, 0.4) is 0 Å². The molecule has 0 aliphatic heterocycles. The lowest BCUT2D eigenvalue weighted by Crippen LogP contribution is -2.55. The Morgan fingerprint density at radius 3 is 2.08 bits per heavy atom. The summed E-state index contributed by atoms with van der Waals surface area (Å²) in [5.74, 6) is 0.295. The third-order valence-corrected chi connectivity index (χ3v) is 3.76. The highest BCUT2D eigenvalue weighted by atomic mass is 16.2. The van der Waals surface area contributed by atoms with Gasteiger partial charge in [-0.3, -0.25) is 15.0 Å². The Morgan fingerprint density at radius 2 is 1.62 bits per heavy atom. The summed E-state index contributed by atoms with van der Waals surface area (Å²) in [6.45, 7) is 14.0. The third kappa shape index (κ3) is 6.34. The number of hydrogen-bond donors (Lipinski definition) is 1. The molecule has 0 atom stereocenters. The molecule has 0 unspecified atom stereocenters. The summed E-state index contributed by atoms with van der Waals surface area (Å²) in [6.07, 6.45) is 2.28. The minimum atomic E-state index is -0.498. The SMILES string of the molecule is Cc1cc(C)cc(C(=O)N(NC(=O)CCCC(C)C)C(C)(C)C)c1. The van der Waals surface area contributed by atoms with E-state index in [1.807, 2.05) is 52.8 Å². The fraction of sp³-hybridized carbons (Fsp3) is 0.600. The number of aryl methyl sites for hydroxylation is 2. The van der Waals surface area contributed by atoms with Crippen molar-refractivity contribution in [3.63, 3.8) is 0 Å². The Bertz CT molecular complexity index is 566. The van der Waals surface area contributed by atoms with Crippen LogP contribution in [0.1, 0.15) is 75.4 Å². The average molecular weight is 332 g/mol. The molecule has 0 bridgehead atoms. The van der Waals surface area contributed by atoms with Crippen molar-refractivity contribution in [2.45, 2.75) is 73.3 Å². The predicted octanol–water partition coefficient (Wildman–Crippen LogP) is 4.40. The summed E-state index contributed by atoms with van der Waals surface area (Å²) in [4.78, 5) is 25.2. The average Bonchev–Trinajstić information content (AvgIpc) is 2.41. The molecular weight excluding hydrogens is 300 g/mol. The molecule has 0 heterocycles. The number of benzene rings is 1. The molecule has 2 amide bonds. The highest BCUT2D eigenvalue weighted by Gasteiger charge is 2.29. The highest BCUT2D eigenvalue weighted by molar-refractivity contribution is 5.96. The molecule has 1 rings (SSSR count). The van der Waals surface area contributed by atoms with Crippen molar-refractivity contribution in [1.82, 2.24) is 10.4 Å². The quantitative estimate of drug-likeness (QED) is 0.812. The van der Waals surface area contributed by atoms with Crippen LogP contribution in [0.5, 0.6) is 0 Å². The number of hydrogen-bond acceptors (Lipinski definition) is 2. The number of nitrogens with one attached hydrogen (secondary N) is 1. The molecule has 134 valence electrons. The number of carbonyl (C=O) groups is 2. The number of carbonyl (C=O) groups excluding carboxylic acids is 2. The van der Waals surface area contributed by atoms with Gasteiger partial charge in [-0.2, -0.15) is 0 Å². The van der Waals surface area contributed by atoms with E-state index in [2.05, 4.69) is 19.3 Å². The molecule has 0 aliphatic rings. The first-order valence-corrected chi connectivity index (χ1v) is 8.73. The van der Waals surface area contributed by atoms with Gasteiger partial charge in [0, 0.05) is 12.0 Å². The van der Waals surface area contributed by atoms with Crippen LogP contribution in [-0.4, -0.2) is 22.4 Å². The van der Waals surface area contributed by atoms with Gasteiger partial charge >= 0.3 is 0 Å². The topological polar surface area (TPSA) is 49.4 Å². The van der Waals surface area contributed by atoms with Crippen molar-refractivity contribution < 1.29 is 9.59 Å². The molecule has 4 nitrogen and oxygen atoms in total. The summed E-state index contributed by atoms with van der Waals surface area (Å²) < 4.78 is 0. The lowest BCUT2D eigenvalue weighted by molar-refractivity contribution is -0.127. The van der Waals surface area contributed by atoms with Crippen LogP contribution in [0.2, 0.25) is 0 Å². The number of nitrogens with zero attached hydrogens (tertiary/aromatic N) is 1. The van der Waals surface area contributed by atoms with Crippen molar-refractivity contribution in [3.05, 3.63) is 34.9 Å². The molecule has 1 N–H and O–H groups in total. The Balaban J connectivity index is 2.89. The van der Waals surface area contributed by atoms with Crippen LogP contribution >= 0.6 is 0 Å². The first-order chi connectivity index (χ1) is 11.0. The van der Waals surface area contributed by atoms with Gasteiger partial charge in [-0.25, -0.2) is 5.01 Å². The zero-order valence-corrected chi connectivity index (χ0v) is 16.2. The molecule has 1 aromatic rings. The van der Waals surface area contributed by atoms with E-state index in [9.17, 15) is 9.59 Å². The van der Waals surface area contributed by atoms with Crippen LogP contribution in [0.15, 0.2) is 18.2 Å². The van der Waals surface area contributed by atoms with E-state index < -0.39 is 5.54 Å². The molecule has 0 spiro atoms. The Morgan fingerprint density at radius 1 is 1.08 bits per heavy atom. The van der Waals surface area contributed by atoms with Crippen LogP contribution in [0, 0.1) is 19.8 Å². The lowest BCUT2D eigenvalue weighted by atomic mass is 10.0. The standard InChI is InChI=1S/C20H32N2O2/c1-14(2)9-8-10-18(23)21-22(20(5,6)7)19(24)17-12-15(3)11-16(4)13-17/h11-14H,8-10H2,1-7H3,(H,21,23). The maximum Gasteiger partial charge on any atom is 0.272 e. The van der Waals surface area contributed by atoms with Crippen molar-refractivity contribution >= 4 is 11.8 Å². The van der Waals surface area contributed by atoms with E-state index >= 15 is 0 Å². The largest absolute Gasteiger partial charge is 0.273 e. The van der Waals surface area contributed by atoms with E-state index in [0.29, 0.717) is 17.9 Å². The zero-order chi connectivity index (χ0) is 18.5. The Hall–Kier alpha value is -1.84. The Labute approximate surface area is 146 Å². The molecule has 24 heavy (non-hydrogen) atoms. The first-order valence-electron chi connectivity index (χ1n) is 8.73. The minimum absolute atomic E-state index is 0.108. The number of amides is 2. The van der Waals surface area contributed by atoms with E-state index in [1.54, 1.807) is 0 Å². The maximum atomic E-state index is 12.9. The fourth-order valence-electron chi connectivity index (χ4n) is 2.60. The van der Waals surface area contributed by atoms with Crippen molar-refractivity contribution in [2.24, 2.45) is 5.92 Å². The number of rotatable bonds is 5. The molecule has 0 aromatic heterocycles. The molecule has 0 fully saturated rings. The van der Waals surface area contributed by atoms with Crippen LogP contribution < -0.4 is 5.43 Å². The summed E-state index contributed by atoms with van der Waals surface area (Å²) in [5, 5.41) is 1.46. The van der Waals surface area contributed by atoms with Crippen molar-refractivity contribution in [3.8, 4) is 0 Å². The smallest absolute Gasteiger partial charge is 0.272 e. The first kappa shape index (κ1) is 20.2. The second kappa shape index (κ2) is 8.32. The molecule has 0 aliphatic carbocycles. The molecule has 4 heteroatoms. The third-order valence-electron chi connectivity index (χ3n) is 3.76. The monoisotopic (exact) mass is 332 g/mol. The molecule has 0 saturated heterocycles. The number of hydrazine groups is 1. The second-order valence-electron chi connectivity index (χ2n) is 8.01. The van der Waals surface area contributed by atoms with Gasteiger partial charge in [-0.05, 0) is 59.1 Å². The van der Waals surface area contributed by atoms with Crippen LogP contribution in [0.4, 0.5) is 0 Å². The van der Waals surface area contributed by atoms with Gasteiger partial charge in [-0.15, -0.1) is 0 Å². The molecule has 0 saturated carbocycles. The van der Waals surface area contributed by atoms with Gasteiger partial charge < -0.3 is 0 Å². The Kier molecular flexibility index (Phi) is 7.00. The van der Waals surface area contributed by atoms with E-state index in [1.165, 1.54) is 5.01 Å². The maximum absolute atomic E-state index is 12.9. The zero-order valence-electron chi connectivity index (χ0n) is 16.2. The van der Waals surface area contributed by atoms with Gasteiger partial charge in [0.2, 0.25) is 5.91 Å². The second-order valence-corrected chi connectivity index (χ2v) is 8.01. The normalized spacial score (nSPS) is 11.5. The van der Waals surface area contributed by atoms with Gasteiger partial charge in [0.15, 0.2) is 0 Å². The summed E-state index contributed by atoms with van der Waals surface area (Å²) >= 11 is 0. The molecular formula is C20H32N2O2. The van der Waals surface area contributed by atoms with Crippen molar-refractivity contribution in [1.29, 1.82) is 0 Å². The van der Waals surface area contributed by atoms with Crippen LogP contribution in [0.25, 0.3) is 0 Å². The summed E-state index contributed by atoms with van der Waals surface area (Å²) in [5.41, 5.74) is 4.99.